The van der Waals surface area contributed by atoms with Gasteiger partial charge in [0.1, 0.15) is 0 Å². The molecule has 2 atom stereocenters. The Morgan fingerprint density at radius 3 is 1.47 bits per heavy atom. The van der Waals surface area contributed by atoms with Crippen molar-refractivity contribution < 1.29 is 45.7 Å². The van der Waals surface area contributed by atoms with Gasteiger partial charge in [0.2, 0.25) is 19.7 Å². The van der Waals surface area contributed by atoms with Crippen molar-refractivity contribution in [2.24, 2.45) is 11.8 Å². The molecule has 2 unspecified atom stereocenters. The largest absolute Gasteiger partial charge is 0.481 e. The van der Waals surface area contributed by atoms with E-state index < -0.39 is 37.5 Å². The van der Waals surface area contributed by atoms with Crippen molar-refractivity contribution >= 4 is 54.4 Å². The van der Waals surface area contributed by atoms with Gasteiger partial charge in [0.25, 0.3) is 0 Å². The molecule has 0 spiro atoms. The van der Waals surface area contributed by atoms with Crippen LogP contribution in [0.2, 0.25) is 0 Å². The third kappa shape index (κ3) is 8.12. The number of sulfone groups is 2. The molecule has 4 aliphatic rings. The summed E-state index contributed by atoms with van der Waals surface area (Å²) in [7, 11) is -3.57. The summed E-state index contributed by atoms with van der Waals surface area (Å²) in [6.45, 7) is 4.87. The fourth-order valence-corrected chi connectivity index (χ4v) is 11.9. The molecule has 58 heavy (non-hydrogen) atoms. The minimum Gasteiger partial charge on any atom is -0.481 e. The predicted octanol–water partition coefficient (Wildman–Crippen LogP) is 7.65. The Bertz CT molecular complexity index is 2390. The lowest BCUT2D eigenvalue weighted by molar-refractivity contribution is -0.145. The number of carbonyl (C=O) groups is 2. The Hall–Kier alpha value is -4.76. The molecule has 4 aliphatic heterocycles. The summed E-state index contributed by atoms with van der Waals surface area (Å²) < 4.78 is 68.5. The fraction of sp³-hybridized carbons (Fsp3) is 0.409. The Morgan fingerprint density at radius 1 is 0.638 bits per heavy atom. The average Bonchev–Trinajstić information content (AvgIpc) is 3.24. The number of ether oxygens (including phenoxy) is 3. The average molecular weight is 831 g/mol. The van der Waals surface area contributed by atoms with Crippen LogP contribution < -0.4 is 9.80 Å². The summed E-state index contributed by atoms with van der Waals surface area (Å²) in [4.78, 5) is 29.6. The lowest BCUT2D eigenvalue weighted by atomic mass is 9.85. The van der Waals surface area contributed by atoms with Crippen molar-refractivity contribution in [3.8, 4) is 0 Å². The van der Waals surface area contributed by atoms with Crippen LogP contribution in [0.5, 0.6) is 0 Å². The van der Waals surface area contributed by atoms with Gasteiger partial charge in [0.05, 0.1) is 60.8 Å². The summed E-state index contributed by atoms with van der Waals surface area (Å²) in [5, 5.41) is 9.82. The van der Waals surface area contributed by atoms with Gasteiger partial charge in [-0.2, -0.15) is 0 Å². The Morgan fingerprint density at radius 2 is 1.03 bits per heavy atom. The lowest BCUT2D eigenvalue weighted by Crippen LogP contribution is -2.25. The van der Waals surface area contributed by atoms with Gasteiger partial charge in [-0.3, -0.25) is 9.59 Å². The number of rotatable bonds is 9. The second-order valence-corrected chi connectivity index (χ2v) is 19.1. The van der Waals surface area contributed by atoms with Crippen LogP contribution in [-0.4, -0.2) is 81.0 Å². The molecule has 4 aromatic carbocycles. The van der Waals surface area contributed by atoms with Crippen molar-refractivity contribution in [1.82, 2.24) is 0 Å². The van der Waals surface area contributed by atoms with Gasteiger partial charge >= 0.3 is 11.9 Å². The van der Waals surface area contributed by atoms with Crippen molar-refractivity contribution in [2.75, 3.05) is 56.9 Å². The third-order valence-corrected chi connectivity index (χ3v) is 15.5. The van der Waals surface area contributed by atoms with E-state index in [9.17, 15) is 31.5 Å². The van der Waals surface area contributed by atoms with E-state index in [0.717, 1.165) is 31.2 Å². The molecule has 0 aliphatic carbocycles. The number of carbonyl (C=O) groups excluding carboxylic acids is 1. The highest BCUT2D eigenvalue weighted by Gasteiger charge is 2.36. The lowest BCUT2D eigenvalue weighted by Gasteiger charge is -2.31. The quantitative estimate of drug-likeness (QED) is 0.165. The van der Waals surface area contributed by atoms with E-state index in [1.165, 1.54) is 0 Å². The Kier molecular flexibility index (Phi) is 12.3. The van der Waals surface area contributed by atoms with Crippen LogP contribution in [0, 0.1) is 11.8 Å². The number of benzene rings is 4. The number of carboxylic acids is 1. The number of nitrogens with zero attached hydrogens (tertiary/aromatic N) is 2. The molecular formula is C44H50N2O10S2. The zero-order chi connectivity index (χ0) is 41.2. The third-order valence-electron chi connectivity index (χ3n) is 11.8. The molecule has 0 amide bonds. The van der Waals surface area contributed by atoms with Crippen molar-refractivity contribution in [3.63, 3.8) is 0 Å². The van der Waals surface area contributed by atoms with E-state index in [2.05, 4.69) is 0 Å². The summed E-state index contributed by atoms with van der Waals surface area (Å²) in [6.07, 6.45) is 4.76. The minimum absolute atomic E-state index is 0.215. The van der Waals surface area contributed by atoms with E-state index in [1.54, 1.807) is 79.7 Å². The van der Waals surface area contributed by atoms with Crippen LogP contribution >= 0.6 is 0 Å². The predicted molar refractivity (Wildman–Crippen MR) is 219 cm³/mol. The molecule has 0 aromatic heterocycles. The van der Waals surface area contributed by atoms with Gasteiger partial charge in [-0.15, -0.1) is 0 Å². The molecule has 2 fully saturated rings. The van der Waals surface area contributed by atoms with Gasteiger partial charge < -0.3 is 29.1 Å². The van der Waals surface area contributed by atoms with E-state index >= 15 is 0 Å². The molecule has 0 saturated carbocycles. The molecule has 0 radical (unpaired) electrons. The van der Waals surface area contributed by atoms with Crippen LogP contribution in [0.3, 0.4) is 0 Å². The zero-order valence-corrected chi connectivity index (χ0v) is 34.6. The van der Waals surface area contributed by atoms with E-state index in [4.69, 9.17) is 14.2 Å². The van der Waals surface area contributed by atoms with Crippen LogP contribution in [0.1, 0.15) is 68.4 Å². The highest BCUT2D eigenvalue weighted by molar-refractivity contribution is 7.92. The van der Waals surface area contributed by atoms with E-state index in [-0.39, 0.29) is 20.7 Å². The molecule has 8 rings (SSSR count). The van der Waals surface area contributed by atoms with Crippen molar-refractivity contribution in [1.29, 1.82) is 0 Å². The van der Waals surface area contributed by atoms with Gasteiger partial charge in [-0.05, 0) is 117 Å². The van der Waals surface area contributed by atoms with Crippen LogP contribution in [0.25, 0.3) is 0 Å². The first-order chi connectivity index (χ1) is 27.8. The molecule has 308 valence electrons. The summed E-state index contributed by atoms with van der Waals surface area (Å²) in [6, 6.07) is 24.0. The topological polar surface area (TPSA) is 157 Å². The highest BCUT2D eigenvalue weighted by Crippen LogP contribution is 2.46. The maximum absolute atomic E-state index is 13.1. The van der Waals surface area contributed by atoms with Crippen LogP contribution in [0.15, 0.2) is 105 Å². The zero-order valence-electron chi connectivity index (χ0n) is 33.0. The number of hydrogen-bond acceptors (Lipinski definition) is 11. The van der Waals surface area contributed by atoms with Crippen LogP contribution in [-0.2, 0) is 43.5 Å². The van der Waals surface area contributed by atoms with Crippen molar-refractivity contribution in [3.05, 3.63) is 96.1 Å². The maximum atomic E-state index is 13.1. The first-order valence-electron chi connectivity index (χ1n) is 19.8. The monoisotopic (exact) mass is 830 g/mol. The standard InChI is InChI=1S/C23H27NO5S.C21H23NO5S/c1-3-29-23(25)18(14-16-10-12-28-13-11-16)17-8-9-22-20(15-17)24(2)19-6-4-5-7-21(19)30(22,26)27;1-22-17-4-2-3-5-19(17)28(25,26)20-7-6-15(13-18(20)22)16(21(23)24)12-14-8-10-27-11-9-14/h4-9,15-16,18H,3,10-14H2,1-2H3;2-7,13-14,16H,8-12H2,1H3,(H,23,24). The highest BCUT2D eigenvalue weighted by atomic mass is 32.2. The normalized spacial score (nSPS) is 19.2. The number of para-hydroxylation sites is 2. The molecule has 0 bridgehead atoms. The fourth-order valence-electron chi connectivity index (χ4n) is 8.52. The number of esters is 1. The van der Waals surface area contributed by atoms with E-state index in [0.29, 0.717) is 90.9 Å². The number of anilines is 4. The minimum atomic E-state index is -3.63. The molecule has 2 saturated heterocycles. The number of fused-ring (bicyclic) bond motifs is 4. The Balaban J connectivity index is 0.000000177. The van der Waals surface area contributed by atoms with Crippen molar-refractivity contribution in [2.45, 2.75) is 76.9 Å². The second kappa shape index (κ2) is 17.2. The van der Waals surface area contributed by atoms with Gasteiger partial charge in [-0.1, -0.05) is 36.4 Å². The molecule has 12 nitrogen and oxygen atoms in total. The van der Waals surface area contributed by atoms with Gasteiger partial charge in [-0.25, -0.2) is 16.8 Å². The number of carboxylic acid groups (broad SMARTS) is 1. The Labute approximate surface area is 340 Å². The smallest absolute Gasteiger partial charge is 0.313 e. The number of hydrogen-bond donors (Lipinski definition) is 1. The molecule has 4 aromatic rings. The van der Waals surface area contributed by atoms with Gasteiger partial charge in [0.15, 0.2) is 0 Å². The maximum Gasteiger partial charge on any atom is 0.313 e. The summed E-state index contributed by atoms with van der Waals surface area (Å²) in [5.74, 6) is -1.55. The van der Waals surface area contributed by atoms with E-state index in [1.807, 2.05) is 36.0 Å². The molecular weight excluding hydrogens is 781 g/mol. The van der Waals surface area contributed by atoms with Crippen LogP contribution in [0.4, 0.5) is 22.7 Å². The SMILES string of the molecule is CCOC(=O)C(CC1CCOCC1)c1ccc2c(c1)N(C)c1ccccc1S2(=O)=O.CN1c2ccccc2S(=O)(=O)c2ccc(C(CC3CCOCC3)C(=O)O)cc21. The molecule has 1 N–H and O–H groups in total. The first-order valence-corrected chi connectivity index (χ1v) is 22.8. The second-order valence-electron chi connectivity index (χ2n) is 15.3. The molecule has 14 heteroatoms. The first kappa shape index (κ1) is 41.4. The number of aliphatic carboxylic acids is 1. The molecule has 4 heterocycles. The summed E-state index contributed by atoms with van der Waals surface area (Å²) >= 11 is 0. The van der Waals surface area contributed by atoms with Gasteiger partial charge in [0, 0.05) is 40.5 Å². The summed E-state index contributed by atoms with van der Waals surface area (Å²) in [5.41, 5.74) is 3.78.